The minimum absolute atomic E-state index is 0.760. The molecule has 0 saturated carbocycles. The first-order chi connectivity index (χ1) is 8.77. The van der Waals surface area contributed by atoms with E-state index < -0.39 is 0 Å². The highest BCUT2D eigenvalue weighted by molar-refractivity contribution is 14.1. The normalized spacial score (nSPS) is 20.9. The lowest BCUT2D eigenvalue weighted by Gasteiger charge is -2.33. The van der Waals surface area contributed by atoms with Gasteiger partial charge in [-0.25, -0.2) is 0 Å². The van der Waals surface area contributed by atoms with Crippen molar-refractivity contribution in [3.63, 3.8) is 0 Å². The molecule has 1 saturated heterocycles. The van der Waals surface area contributed by atoms with Crippen molar-refractivity contribution >= 4 is 22.6 Å². The molecule has 0 N–H and O–H groups in total. The third kappa shape index (κ3) is 4.12. The number of benzene rings is 1. The molecule has 2 rings (SSSR count). The van der Waals surface area contributed by atoms with E-state index in [1.807, 2.05) is 18.2 Å². The van der Waals surface area contributed by atoms with E-state index in [-0.39, 0.29) is 0 Å². The number of hydrogen-bond donors (Lipinski definition) is 0. The summed E-state index contributed by atoms with van der Waals surface area (Å²) < 4.78 is 7.02. The van der Waals surface area contributed by atoms with Crippen molar-refractivity contribution < 1.29 is 4.74 Å². The number of likely N-dealkylation sites (tertiary alicyclic amines) is 1. The third-order valence-electron chi connectivity index (χ3n) is 3.62. The number of rotatable bonds is 5. The van der Waals surface area contributed by atoms with E-state index in [4.69, 9.17) is 4.74 Å². The van der Waals surface area contributed by atoms with Crippen LogP contribution in [-0.2, 0) is 0 Å². The molecule has 0 aliphatic carbocycles. The predicted molar refractivity (Wildman–Crippen MR) is 84.2 cm³/mol. The van der Waals surface area contributed by atoms with Crippen molar-refractivity contribution in [1.29, 1.82) is 0 Å². The minimum atomic E-state index is 0.760. The highest BCUT2D eigenvalue weighted by Gasteiger charge is 2.17. The Morgan fingerprint density at radius 3 is 2.94 bits per heavy atom. The van der Waals surface area contributed by atoms with Gasteiger partial charge in [0.25, 0.3) is 0 Å². The molecular formula is C15H22INO. The molecule has 0 amide bonds. The fourth-order valence-corrected chi connectivity index (χ4v) is 3.04. The van der Waals surface area contributed by atoms with Crippen LogP contribution in [0.3, 0.4) is 0 Å². The first-order valence-corrected chi connectivity index (χ1v) is 7.96. The average molecular weight is 359 g/mol. The van der Waals surface area contributed by atoms with E-state index in [2.05, 4.69) is 40.5 Å². The van der Waals surface area contributed by atoms with Crippen molar-refractivity contribution in [3.8, 4) is 5.75 Å². The lowest BCUT2D eigenvalue weighted by atomic mass is 10.0. The summed E-state index contributed by atoms with van der Waals surface area (Å²) >= 11 is 2.32. The molecule has 1 aromatic rings. The van der Waals surface area contributed by atoms with Gasteiger partial charge in [-0.15, -0.1) is 0 Å². The van der Waals surface area contributed by atoms with Crippen LogP contribution in [0.5, 0.6) is 5.75 Å². The van der Waals surface area contributed by atoms with Gasteiger partial charge in [0.1, 0.15) is 5.75 Å². The van der Waals surface area contributed by atoms with E-state index in [1.54, 1.807) is 0 Å². The maximum Gasteiger partial charge on any atom is 0.132 e. The summed E-state index contributed by atoms with van der Waals surface area (Å²) in [6.45, 7) is 5.61. The van der Waals surface area contributed by atoms with Gasteiger partial charge in [-0.05, 0) is 67.5 Å². The summed E-state index contributed by atoms with van der Waals surface area (Å²) in [4.78, 5) is 2.60. The zero-order valence-electron chi connectivity index (χ0n) is 11.1. The van der Waals surface area contributed by atoms with E-state index >= 15 is 0 Å². The quantitative estimate of drug-likeness (QED) is 0.583. The summed E-state index contributed by atoms with van der Waals surface area (Å²) in [6, 6.07) is 8.97. The molecule has 1 unspecified atom stereocenters. The summed E-state index contributed by atoms with van der Waals surface area (Å²) in [5, 5.41) is 0. The lowest BCUT2D eigenvalue weighted by Crippen LogP contribution is -2.38. The van der Waals surface area contributed by atoms with Crippen LogP contribution in [0.4, 0.5) is 0 Å². The minimum Gasteiger partial charge on any atom is -0.492 e. The molecule has 100 valence electrons. The van der Waals surface area contributed by atoms with Crippen LogP contribution in [-0.4, -0.2) is 30.6 Å². The Bertz CT molecular complexity index is 369. The van der Waals surface area contributed by atoms with Gasteiger partial charge in [-0.2, -0.15) is 0 Å². The summed E-state index contributed by atoms with van der Waals surface area (Å²) in [6.07, 6.45) is 5.24. The summed E-state index contributed by atoms with van der Waals surface area (Å²) in [5.74, 6) is 1.02. The van der Waals surface area contributed by atoms with Crippen LogP contribution in [0.25, 0.3) is 0 Å². The SMILES string of the molecule is CC1CCCCN1CCCOc1ccccc1I. The van der Waals surface area contributed by atoms with E-state index in [0.29, 0.717) is 0 Å². The molecule has 0 aromatic heterocycles. The number of para-hydroxylation sites is 1. The van der Waals surface area contributed by atoms with E-state index in [9.17, 15) is 0 Å². The van der Waals surface area contributed by atoms with Gasteiger partial charge in [0.15, 0.2) is 0 Å². The van der Waals surface area contributed by atoms with Crippen molar-refractivity contribution in [1.82, 2.24) is 4.90 Å². The second kappa shape index (κ2) is 7.34. The van der Waals surface area contributed by atoms with Crippen LogP contribution >= 0.6 is 22.6 Å². The fraction of sp³-hybridized carbons (Fsp3) is 0.600. The molecule has 0 radical (unpaired) electrons. The molecule has 1 heterocycles. The average Bonchev–Trinajstić information content (AvgIpc) is 2.38. The largest absolute Gasteiger partial charge is 0.492 e. The zero-order valence-corrected chi connectivity index (χ0v) is 13.2. The Morgan fingerprint density at radius 2 is 2.17 bits per heavy atom. The first-order valence-electron chi connectivity index (χ1n) is 6.89. The van der Waals surface area contributed by atoms with Crippen molar-refractivity contribution in [2.75, 3.05) is 19.7 Å². The number of piperidine rings is 1. The van der Waals surface area contributed by atoms with Gasteiger partial charge in [-0.1, -0.05) is 18.6 Å². The molecule has 1 aliphatic heterocycles. The Kier molecular flexibility index (Phi) is 5.76. The molecule has 0 bridgehead atoms. The molecule has 0 spiro atoms. The molecule has 1 aromatic carbocycles. The second-order valence-corrected chi connectivity index (χ2v) is 6.18. The number of nitrogens with zero attached hydrogens (tertiary/aromatic N) is 1. The highest BCUT2D eigenvalue weighted by atomic mass is 127. The van der Waals surface area contributed by atoms with Gasteiger partial charge in [0, 0.05) is 12.6 Å². The Hall–Kier alpha value is -0.290. The Labute approximate surface area is 124 Å². The van der Waals surface area contributed by atoms with Crippen LogP contribution in [0.1, 0.15) is 32.6 Å². The maximum absolute atomic E-state index is 5.83. The fourth-order valence-electron chi connectivity index (χ4n) is 2.50. The van der Waals surface area contributed by atoms with Gasteiger partial charge < -0.3 is 9.64 Å². The zero-order chi connectivity index (χ0) is 12.8. The number of hydrogen-bond acceptors (Lipinski definition) is 2. The third-order valence-corrected chi connectivity index (χ3v) is 4.52. The monoisotopic (exact) mass is 359 g/mol. The van der Waals surface area contributed by atoms with Crippen LogP contribution in [0.15, 0.2) is 24.3 Å². The van der Waals surface area contributed by atoms with Crippen molar-refractivity contribution in [3.05, 3.63) is 27.8 Å². The smallest absolute Gasteiger partial charge is 0.132 e. The van der Waals surface area contributed by atoms with Crippen molar-refractivity contribution in [2.24, 2.45) is 0 Å². The standard InChI is InChI=1S/C15H22INO/c1-13-7-4-5-10-17(13)11-6-12-18-15-9-3-2-8-14(15)16/h2-3,8-9,13H,4-7,10-12H2,1H3. The Balaban J connectivity index is 1.68. The molecule has 3 heteroatoms. The highest BCUT2D eigenvalue weighted by Crippen LogP contribution is 2.20. The molecule has 1 atom stereocenters. The number of halogens is 1. The topological polar surface area (TPSA) is 12.5 Å². The molecule has 1 aliphatic rings. The van der Waals surface area contributed by atoms with E-state index in [0.717, 1.165) is 24.8 Å². The number of ether oxygens (including phenoxy) is 1. The maximum atomic E-state index is 5.83. The van der Waals surface area contributed by atoms with Crippen LogP contribution in [0, 0.1) is 3.57 Å². The van der Waals surface area contributed by atoms with Crippen LogP contribution < -0.4 is 4.74 Å². The molecule has 18 heavy (non-hydrogen) atoms. The van der Waals surface area contributed by atoms with Gasteiger partial charge in [-0.3, -0.25) is 0 Å². The summed E-state index contributed by atoms with van der Waals surface area (Å²) in [5.41, 5.74) is 0. The van der Waals surface area contributed by atoms with Crippen molar-refractivity contribution in [2.45, 2.75) is 38.6 Å². The Morgan fingerprint density at radius 1 is 1.33 bits per heavy atom. The summed E-state index contributed by atoms with van der Waals surface area (Å²) in [7, 11) is 0. The first kappa shape index (κ1) is 14.1. The van der Waals surface area contributed by atoms with Gasteiger partial charge in [0.05, 0.1) is 10.2 Å². The van der Waals surface area contributed by atoms with Crippen LogP contribution in [0.2, 0.25) is 0 Å². The molecular weight excluding hydrogens is 337 g/mol. The predicted octanol–water partition coefficient (Wildman–Crippen LogP) is 3.93. The van der Waals surface area contributed by atoms with Gasteiger partial charge >= 0.3 is 0 Å². The second-order valence-electron chi connectivity index (χ2n) is 5.01. The van der Waals surface area contributed by atoms with Gasteiger partial charge in [0.2, 0.25) is 0 Å². The molecule has 1 fully saturated rings. The lowest BCUT2D eigenvalue weighted by molar-refractivity contribution is 0.148. The van der Waals surface area contributed by atoms with E-state index in [1.165, 1.54) is 35.9 Å². The molecule has 2 nitrogen and oxygen atoms in total.